The van der Waals surface area contributed by atoms with Gasteiger partial charge in [0.1, 0.15) is 0 Å². The van der Waals surface area contributed by atoms with Crippen LogP contribution < -0.4 is 10.1 Å². The van der Waals surface area contributed by atoms with Crippen LogP contribution in [0.15, 0.2) is 11.6 Å². The molecule has 0 aliphatic carbocycles. The zero-order valence-electron chi connectivity index (χ0n) is 13.6. The first-order valence-corrected chi connectivity index (χ1v) is 8.49. The molecule has 0 aromatic carbocycles. The van der Waals surface area contributed by atoms with Crippen LogP contribution in [0.2, 0.25) is 0 Å². The molecular formula is C15H21N5O2S. The number of carbonyl (C=O) groups excluding carboxylic acids is 1. The van der Waals surface area contributed by atoms with Crippen LogP contribution in [0.5, 0.6) is 5.88 Å². The van der Waals surface area contributed by atoms with Crippen LogP contribution >= 0.6 is 11.3 Å². The van der Waals surface area contributed by atoms with Crippen LogP contribution in [0.25, 0.3) is 0 Å². The molecule has 1 atom stereocenters. The van der Waals surface area contributed by atoms with E-state index < -0.39 is 0 Å². The Morgan fingerprint density at radius 2 is 2.39 bits per heavy atom. The molecule has 3 heterocycles. The number of aromatic nitrogens is 3. The number of anilines is 1. The second-order valence-corrected chi connectivity index (χ2v) is 6.54. The molecule has 1 saturated heterocycles. The molecule has 2 aromatic rings. The molecule has 0 radical (unpaired) electrons. The zero-order valence-corrected chi connectivity index (χ0v) is 14.4. The Morgan fingerprint density at radius 3 is 3.09 bits per heavy atom. The van der Waals surface area contributed by atoms with Crippen molar-refractivity contribution >= 4 is 22.4 Å². The van der Waals surface area contributed by atoms with E-state index in [-0.39, 0.29) is 11.9 Å². The van der Waals surface area contributed by atoms with E-state index in [9.17, 15) is 4.79 Å². The van der Waals surface area contributed by atoms with Crippen molar-refractivity contribution in [3.8, 4) is 5.88 Å². The summed E-state index contributed by atoms with van der Waals surface area (Å²) in [5.41, 5.74) is 2.05. The fraction of sp³-hybridized carbons (Fsp3) is 0.533. The van der Waals surface area contributed by atoms with Crippen LogP contribution in [-0.4, -0.2) is 45.8 Å². The number of aryl methyl sites for hydroxylation is 2. The Labute approximate surface area is 139 Å². The van der Waals surface area contributed by atoms with Gasteiger partial charge in [0.2, 0.25) is 11.8 Å². The third-order valence-corrected chi connectivity index (χ3v) is 4.82. The number of methoxy groups -OCH3 is 1. The Morgan fingerprint density at radius 1 is 1.57 bits per heavy atom. The Bertz CT molecular complexity index is 682. The molecule has 1 fully saturated rings. The molecular weight excluding hydrogens is 314 g/mol. The number of likely N-dealkylation sites (tertiary alicyclic amines) is 1. The van der Waals surface area contributed by atoms with Gasteiger partial charge in [-0.15, -0.1) is 11.3 Å². The highest BCUT2D eigenvalue weighted by atomic mass is 32.1. The average Bonchev–Trinajstić information content (AvgIpc) is 3.20. The van der Waals surface area contributed by atoms with Gasteiger partial charge in [-0.1, -0.05) is 0 Å². The number of hydrogen-bond donors (Lipinski definition) is 1. The van der Waals surface area contributed by atoms with Crippen molar-refractivity contribution in [1.82, 2.24) is 19.7 Å². The largest absolute Gasteiger partial charge is 0.481 e. The highest BCUT2D eigenvalue weighted by Gasteiger charge is 2.33. The second-order valence-electron chi connectivity index (χ2n) is 5.65. The van der Waals surface area contributed by atoms with E-state index >= 15 is 0 Å². The molecule has 0 bridgehead atoms. The zero-order chi connectivity index (χ0) is 16.4. The molecule has 1 aliphatic heterocycles. The first-order valence-electron chi connectivity index (χ1n) is 7.61. The van der Waals surface area contributed by atoms with Gasteiger partial charge in [-0.2, -0.15) is 5.10 Å². The van der Waals surface area contributed by atoms with Crippen molar-refractivity contribution in [3.05, 3.63) is 22.8 Å². The fourth-order valence-electron chi connectivity index (χ4n) is 3.25. The van der Waals surface area contributed by atoms with E-state index in [0.717, 1.165) is 36.5 Å². The summed E-state index contributed by atoms with van der Waals surface area (Å²) < 4.78 is 7.27. The lowest BCUT2D eigenvalue weighted by Crippen LogP contribution is -2.33. The average molecular weight is 335 g/mol. The first kappa shape index (κ1) is 15.9. The molecule has 1 aliphatic rings. The van der Waals surface area contributed by atoms with E-state index in [2.05, 4.69) is 20.3 Å². The van der Waals surface area contributed by atoms with Crippen molar-refractivity contribution in [2.24, 2.45) is 7.05 Å². The molecule has 3 rings (SSSR count). The van der Waals surface area contributed by atoms with Gasteiger partial charge in [0, 0.05) is 24.7 Å². The number of ether oxygens (including phenoxy) is 1. The standard InChI is InChI=1S/C15H21N5O2S/c1-10-13(14(22-3)19(2)18-10)11-5-4-7-20(11)9-12(21)17-15-16-6-8-23-15/h6,8,11H,4-5,7,9H2,1-3H3,(H,16,17,21)/t11-/m0/s1. The minimum atomic E-state index is -0.0349. The van der Waals surface area contributed by atoms with Crippen LogP contribution in [0.3, 0.4) is 0 Å². The Kier molecular flexibility index (Phi) is 4.63. The molecule has 2 aromatic heterocycles. The predicted molar refractivity (Wildman–Crippen MR) is 88.8 cm³/mol. The number of thiazole rings is 1. The van der Waals surface area contributed by atoms with Crippen molar-refractivity contribution in [1.29, 1.82) is 0 Å². The summed E-state index contributed by atoms with van der Waals surface area (Å²) in [6, 6.07) is 0.167. The third kappa shape index (κ3) is 3.23. The van der Waals surface area contributed by atoms with Gasteiger partial charge in [-0.3, -0.25) is 9.69 Å². The summed E-state index contributed by atoms with van der Waals surface area (Å²) in [5, 5.41) is 9.79. The van der Waals surface area contributed by atoms with Gasteiger partial charge < -0.3 is 10.1 Å². The second kappa shape index (κ2) is 6.67. The summed E-state index contributed by atoms with van der Waals surface area (Å²) in [6.07, 6.45) is 3.75. The number of nitrogens with one attached hydrogen (secondary N) is 1. The molecule has 124 valence electrons. The van der Waals surface area contributed by atoms with Crippen molar-refractivity contribution in [3.63, 3.8) is 0 Å². The summed E-state index contributed by atoms with van der Waals surface area (Å²) in [6.45, 7) is 3.24. The van der Waals surface area contributed by atoms with E-state index in [0.29, 0.717) is 11.7 Å². The van der Waals surface area contributed by atoms with Crippen LogP contribution in [-0.2, 0) is 11.8 Å². The number of rotatable bonds is 5. The van der Waals surface area contributed by atoms with Crippen LogP contribution in [0, 0.1) is 6.92 Å². The normalized spacial score (nSPS) is 18.3. The summed E-state index contributed by atoms with van der Waals surface area (Å²) in [4.78, 5) is 18.5. The Hall–Kier alpha value is -1.93. The minimum Gasteiger partial charge on any atom is -0.481 e. The summed E-state index contributed by atoms with van der Waals surface area (Å²) in [7, 11) is 3.54. The Balaban J connectivity index is 1.74. The lowest BCUT2D eigenvalue weighted by atomic mass is 10.1. The molecule has 0 spiro atoms. The van der Waals surface area contributed by atoms with Gasteiger partial charge in [0.15, 0.2) is 5.13 Å². The van der Waals surface area contributed by atoms with Gasteiger partial charge in [0.05, 0.1) is 24.9 Å². The monoisotopic (exact) mass is 335 g/mol. The summed E-state index contributed by atoms with van der Waals surface area (Å²) in [5.74, 6) is 0.743. The molecule has 0 saturated carbocycles. The number of amides is 1. The van der Waals surface area contributed by atoms with Gasteiger partial charge >= 0.3 is 0 Å². The molecule has 7 nitrogen and oxygen atoms in total. The highest BCUT2D eigenvalue weighted by molar-refractivity contribution is 7.13. The lowest BCUT2D eigenvalue weighted by molar-refractivity contribution is -0.117. The number of carbonyl (C=O) groups is 1. The van der Waals surface area contributed by atoms with E-state index in [1.54, 1.807) is 18.0 Å². The maximum absolute atomic E-state index is 12.2. The van der Waals surface area contributed by atoms with E-state index in [1.165, 1.54) is 11.3 Å². The summed E-state index contributed by atoms with van der Waals surface area (Å²) >= 11 is 1.42. The van der Waals surface area contributed by atoms with Crippen molar-refractivity contribution < 1.29 is 9.53 Å². The van der Waals surface area contributed by atoms with Gasteiger partial charge in [-0.05, 0) is 26.3 Å². The molecule has 0 unspecified atom stereocenters. The first-order chi connectivity index (χ1) is 11.1. The molecule has 23 heavy (non-hydrogen) atoms. The number of nitrogens with zero attached hydrogens (tertiary/aromatic N) is 4. The number of hydrogen-bond acceptors (Lipinski definition) is 6. The van der Waals surface area contributed by atoms with E-state index in [4.69, 9.17) is 4.74 Å². The third-order valence-electron chi connectivity index (χ3n) is 4.13. The van der Waals surface area contributed by atoms with Crippen molar-refractivity contribution in [2.75, 3.05) is 25.5 Å². The minimum absolute atomic E-state index is 0.0349. The maximum atomic E-state index is 12.2. The molecule has 1 N–H and O–H groups in total. The van der Waals surface area contributed by atoms with Crippen molar-refractivity contribution in [2.45, 2.75) is 25.8 Å². The van der Waals surface area contributed by atoms with Crippen LogP contribution in [0.1, 0.15) is 30.1 Å². The van der Waals surface area contributed by atoms with Gasteiger partial charge in [-0.25, -0.2) is 9.67 Å². The molecule has 1 amide bonds. The molecule has 8 heteroatoms. The maximum Gasteiger partial charge on any atom is 0.240 e. The SMILES string of the molecule is COc1c([C@@H]2CCCN2CC(=O)Nc2nccs2)c(C)nn1C. The predicted octanol–water partition coefficient (Wildman–Crippen LogP) is 1.97. The topological polar surface area (TPSA) is 72.3 Å². The smallest absolute Gasteiger partial charge is 0.240 e. The van der Waals surface area contributed by atoms with Gasteiger partial charge in [0.25, 0.3) is 0 Å². The lowest BCUT2D eigenvalue weighted by Gasteiger charge is -2.24. The quantitative estimate of drug-likeness (QED) is 0.904. The fourth-order valence-corrected chi connectivity index (χ4v) is 3.79. The van der Waals surface area contributed by atoms with Crippen LogP contribution in [0.4, 0.5) is 5.13 Å². The van der Waals surface area contributed by atoms with E-state index in [1.807, 2.05) is 19.4 Å². The highest BCUT2D eigenvalue weighted by Crippen LogP contribution is 2.38.